The molecule has 2 aromatic rings. The molecule has 1 aromatic carbocycles. The standard InChI is InChI=1S/C12H12BrFN2S/c1-12(2,15)11-16-10(6-17-11)8-4-3-7(13)5-9(8)14/h3-6H,15H2,1-2H3. The third-order valence-electron chi connectivity index (χ3n) is 2.26. The largest absolute Gasteiger partial charge is 0.320 e. The molecular formula is C12H12BrFN2S. The van der Waals surface area contributed by atoms with Gasteiger partial charge in [0.1, 0.15) is 10.8 Å². The van der Waals surface area contributed by atoms with Gasteiger partial charge in [0.25, 0.3) is 0 Å². The molecule has 90 valence electrons. The van der Waals surface area contributed by atoms with Crippen molar-refractivity contribution in [3.8, 4) is 11.3 Å². The number of nitrogens with two attached hydrogens (primary N) is 1. The van der Waals surface area contributed by atoms with Crippen LogP contribution in [0.1, 0.15) is 18.9 Å². The van der Waals surface area contributed by atoms with Crippen LogP contribution in [0.2, 0.25) is 0 Å². The molecule has 0 aliphatic heterocycles. The third-order valence-corrected chi connectivity index (χ3v) is 3.94. The molecule has 0 bridgehead atoms. The van der Waals surface area contributed by atoms with E-state index in [1.165, 1.54) is 17.4 Å². The number of halogens is 2. The molecule has 0 aliphatic carbocycles. The van der Waals surface area contributed by atoms with Crippen molar-refractivity contribution < 1.29 is 4.39 Å². The molecule has 0 saturated heterocycles. The Hall–Kier alpha value is -0.780. The van der Waals surface area contributed by atoms with Crippen LogP contribution in [0.4, 0.5) is 4.39 Å². The van der Waals surface area contributed by atoms with Crippen LogP contribution < -0.4 is 5.73 Å². The topological polar surface area (TPSA) is 38.9 Å². The summed E-state index contributed by atoms with van der Waals surface area (Å²) >= 11 is 4.68. The lowest BCUT2D eigenvalue weighted by molar-refractivity contribution is 0.550. The van der Waals surface area contributed by atoms with Gasteiger partial charge in [-0.05, 0) is 32.0 Å². The van der Waals surface area contributed by atoms with E-state index in [-0.39, 0.29) is 5.82 Å². The molecule has 0 amide bonds. The highest BCUT2D eigenvalue weighted by molar-refractivity contribution is 9.10. The van der Waals surface area contributed by atoms with E-state index in [4.69, 9.17) is 5.73 Å². The van der Waals surface area contributed by atoms with Crippen LogP contribution in [0.15, 0.2) is 28.1 Å². The van der Waals surface area contributed by atoms with Crippen molar-refractivity contribution in [2.45, 2.75) is 19.4 Å². The van der Waals surface area contributed by atoms with Crippen molar-refractivity contribution in [2.75, 3.05) is 0 Å². The van der Waals surface area contributed by atoms with Crippen molar-refractivity contribution in [2.24, 2.45) is 5.73 Å². The summed E-state index contributed by atoms with van der Waals surface area (Å²) in [6, 6.07) is 4.94. The van der Waals surface area contributed by atoms with Gasteiger partial charge in [-0.1, -0.05) is 15.9 Å². The molecule has 1 aromatic heterocycles. The van der Waals surface area contributed by atoms with Crippen LogP contribution in [0.25, 0.3) is 11.3 Å². The number of thiazole rings is 1. The van der Waals surface area contributed by atoms with Crippen LogP contribution in [0, 0.1) is 5.82 Å². The third kappa shape index (κ3) is 2.73. The molecule has 0 unspecified atom stereocenters. The molecule has 5 heteroatoms. The van der Waals surface area contributed by atoms with Gasteiger partial charge in [0.15, 0.2) is 0 Å². The molecule has 0 atom stereocenters. The molecule has 0 saturated carbocycles. The van der Waals surface area contributed by atoms with Crippen molar-refractivity contribution in [1.29, 1.82) is 0 Å². The summed E-state index contributed by atoms with van der Waals surface area (Å²) in [6.07, 6.45) is 0. The molecule has 0 aliphatic rings. The monoisotopic (exact) mass is 314 g/mol. The summed E-state index contributed by atoms with van der Waals surface area (Å²) in [6.45, 7) is 3.76. The van der Waals surface area contributed by atoms with Crippen LogP contribution in [0.5, 0.6) is 0 Å². The van der Waals surface area contributed by atoms with E-state index in [0.717, 1.165) is 5.01 Å². The van der Waals surface area contributed by atoms with Crippen molar-refractivity contribution in [3.05, 3.63) is 38.9 Å². The van der Waals surface area contributed by atoms with Crippen molar-refractivity contribution >= 4 is 27.3 Å². The molecule has 2 N–H and O–H groups in total. The quantitative estimate of drug-likeness (QED) is 0.913. The van der Waals surface area contributed by atoms with Gasteiger partial charge in [-0.25, -0.2) is 9.37 Å². The average molecular weight is 315 g/mol. The molecule has 0 fully saturated rings. The fourth-order valence-electron chi connectivity index (χ4n) is 1.39. The molecule has 0 radical (unpaired) electrons. The molecule has 2 nitrogen and oxygen atoms in total. The summed E-state index contributed by atoms with van der Waals surface area (Å²) in [5, 5.41) is 2.63. The second-order valence-corrected chi connectivity index (χ2v) is 6.16. The minimum Gasteiger partial charge on any atom is -0.320 e. The van der Waals surface area contributed by atoms with Crippen LogP contribution >= 0.6 is 27.3 Å². The summed E-state index contributed by atoms with van der Waals surface area (Å²) < 4.78 is 14.5. The SMILES string of the molecule is CC(C)(N)c1nc(-c2ccc(Br)cc2F)cs1. The number of aromatic nitrogens is 1. The van der Waals surface area contributed by atoms with Crippen molar-refractivity contribution in [1.82, 2.24) is 4.98 Å². The summed E-state index contributed by atoms with van der Waals surface area (Å²) in [7, 11) is 0. The zero-order valence-corrected chi connectivity index (χ0v) is 11.9. The van der Waals surface area contributed by atoms with Gasteiger partial charge in [0.05, 0.1) is 11.2 Å². The number of nitrogens with zero attached hydrogens (tertiary/aromatic N) is 1. The second-order valence-electron chi connectivity index (χ2n) is 4.38. The van der Waals surface area contributed by atoms with E-state index < -0.39 is 5.54 Å². The number of hydrogen-bond donors (Lipinski definition) is 1. The van der Waals surface area contributed by atoms with E-state index in [1.54, 1.807) is 12.1 Å². The van der Waals surface area contributed by atoms with Crippen molar-refractivity contribution in [3.63, 3.8) is 0 Å². The lowest BCUT2D eigenvalue weighted by Gasteiger charge is -2.13. The van der Waals surface area contributed by atoms with E-state index in [0.29, 0.717) is 15.7 Å². The van der Waals surface area contributed by atoms with E-state index in [2.05, 4.69) is 20.9 Å². The van der Waals surface area contributed by atoms with E-state index >= 15 is 0 Å². The normalized spacial score (nSPS) is 11.8. The Balaban J connectivity index is 2.44. The highest BCUT2D eigenvalue weighted by atomic mass is 79.9. The maximum atomic E-state index is 13.7. The Morgan fingerprint density at radius 3 is 2.65 bits per heavy atom. The minimum atomic E-state index is -0.491. The minimum absolute atomic E-state index is 0.286. The highest BCUT2D eigenvalue weighted by Crippen LogP contribution is 2.29. The maximum absolute atomic E-state index is 13.7. The van der Waals surface area contributed by atoms with Crippen LogP contribution in [-0.2, 0) is 5.54 Å². The zero-order chi connectivity index (χ0) is 12.6. The number of hydrogen-bond acceptors (Lipinski definition) is 3. The molecule has 0 spiro atoms. The Bertz CT molecular complexity index is 546. The Morgan fingerprint density at radius 1 is 1.41 bits per heavy atom. The lowest BCUT2D eigenvalue weighted by Crippen LogP contribution is -2.28. The van der Waals surface area contributed by atoms with Gasteiger partial charge in [0, 0.05) is 15.4 Å². The fourth-order valence-corrected chi connectivity index (χ4v) is 2.58. The molecular weight excluding hydrogens is 303 g/mol. The van der Waals surface area contributed by atoms with Gasteiger partial charge < -0.3 is 5.73 Å². The first-order valence-corrected chi connectivity index (χ1v) is 6.75. The Morgan fingerprint density at radius 2 is 2.12 bits per heavy atom. The summed E-state index contributed by atoms with van der Waals surface area (Å²) in [5.41, 5.74) is 6.60. The first kappa shape index (κ1) is 12.7. The van der Waals surface area contributed by atoms with Gasteiger partial charge in [-0.2, -0.15) is 0 Å². The number of rotatable bonds is 2. The van der Waals surface area contributed by atoms with Crippen LogP contribution in [-0.4, -0.2) is 4.98 Å². The number of benzene rings is 1. The van der Waals surface area contributed by atoms with E-state index in [9.17, 15) is 4.39 Å². The Labute approximate surface area is 112 Å². The fraction of sp³-hybridized carbons (Fsp3) is 0.250. The lowest BCUT2D eigenvalue weighted by atomic mass is 10.1. The van der Waals surface area contributed by atoms with Gasteiger partial charge in [-0.3, -0.25) is 0 Å². The maximum Gasteiger partial charge on any atom is 0.133 e. The first-order valence-electron chi connectivity index (χ1n) is 5.08. The summed E-state index contributed by atoms with van der Waals surface area (Å²) in [4.78, 5) is 4.38. The van der Waals surface area contributed by atoms with E-state index in [1.807, 2.05) is 19.2 Å². The zero-order valence-electron chi connectivity index (χ0n) is 9.50. The smallest absolute Gasteiger partial charge is 0.133 e. The highest BCUT2D eigenvalue weighted by Gasteiger charge is 2.19. The second kappa shape index (κ2) is 4.48. The van der Waals surface area contributed by atoms with Gasteiger partial charge in [0.2, 0.25) is 0 Å². The molecule has 1 heterocycles. The van der Waals surface area contributed by atoms with Crippen LogP contribution in [0.3, 0.4) is 0 Å². The molecule has 17 heavy (non-hydrogen) atoms. The van der Waals surface area contributed by atoms with Gasteiger partial charge >= 0.3 is 0 Å². The van der Waals surface area contributed by atoms with Gasteiger partial charge in [-0.15, -0.1) is 11.3 Å². The average Bonchev–Trinajstić information content (AvgIpc) is 2.65. The first-order chi connectivity index (χ1) is 7.88. The predicted octanol–water partition coefficient (Wildman–Crippen LogP) is 3.91. The summed E-state index contributed by atoms with van der Waals surface area (Å²) in [5.74, 6) is -0.286. The Kier molecular flexibility index (Phi) is 3.34. The molecule has 2 rings (SSSR count). The predicted molar refractivity (Wildman–Crippen MR) is 72.4 cm³/mol.